The first-order chi connectivity index (χ1) is 19.3. The Bertz CT molecular complexity index is 1560. The van der Waals surface area contributed by atoms with Gasteiger partial charge in [0.05, 0.1) is 5.57 Å². The Morgan fingerprint density at radius 2 is 1.88 bits per heavy atom. The highest BCUT2D eigenvalue weighted by atomic mass is 35.5. The highest BCUT2D eigenvalue weighted by Gasteiger charge is 2.36. The number of allylic oxidation sites excluding steroid dienone is 1. The molecule has 0 bridgehead atoms. The van der Waals surface area contributed by atoms with Gasteiger partial charge < -0.3 is 15.4 Å². The summed E-state index contributed by atoms with van der Waals surface area (Å²) in [7, 11) is 0. The van der Waals surface area contributed by atoms with Crippen molar-refractivity contribution >= 4 is 40.9 Å². The summed E-state index contributed by atoms with van der Waals surface area (Å²) in [5, 5.41) is 12.6. The molecule has 7 nitrogen and oxygen atoms in total. The fourth-order valence-corrected chi connectivity index (χ4v) is 5.50. The van der Waals surface area contributed by atoms with Crippen LogP contribution in [0.1, 0.15) is 48.6 Å². The Kier molecular flexibility index (Phi) is 8.47. The smallest absolute Gasteiger partial charge is 0.255 e. The number of rotatable bonds is 9. The highest BCUT2D eigenvalue weighted by molar-refractivity contribution is 7.99. The predicted molar refractivity (Wildman–Crippen MR) is 162 cm³/mol. The highest BCUT2D eigenvalue weighted by Crippen LogP contribution is 2.40. The van der Waals surface area contributed by atoms with Gasteiger partial charge in [-0.2, -0.15) is 4.98 Å². The van der Waals surface area contributed by atoms with Crippen LogP contribution in [0.4, 0.5) is 11.6 Å². The number of nitrogens with zero attached hydrogens (tertiary/aromatic N) is 3. The number of benzene rings is 3. The molecule has 1 aliphatic heterocycles. The Labute approximate surface area is 244 Å². The largest absolute Gasteiger partial charge is 0.489 e. The van der Waals surface area contributed by atoms with E-state index in [0.717, 1.165) is 40.1 Å². The Balaban J connectivity index is 1.55. The zero-order valence-corrected chi connectivity index (χ0v) is 24.6. The monoisotopic (exact) mass is 573 g/mol. The van der Waals surface area contributed by atoms with Gasteiger partial charge in [0.15, 0.2) is 0 Å². The van der Waals surface area contributed by atoms with E-state index in [4.69, 9.17) is 26.4 Å². The molecule has 0 aliphatic carbocycles. The number of halogens is 1. The minimum absolute atomic E-state index is 0.210. The van der Waals surface area contributed by atoms with E-state index in [9.17, 15) is 4.79 Å². The van der Waals surface area contributed by atoms with E-state index in [0.29, 0.717) is 39.8 Å². The van der Waals surface area contributed by atoms with Crippen LogP contribution >= 0.6 is 23.4 Å². The molecular weight excluding hydrogens is 542 g/mol. The summed E-state index contributed by atoms with van der Waals surface area (Å²) < 4.78 is 8.13. The lowest BCUT2D eigenvalue weighted by atomic mass is 9.94. The molecule has 1 atom stereocenters. The molecule has 0 radical (unpaired) electrons. The van der Waals surface area contributed by atoms with Gasteiger partial charge in [-0.25, -0.2) is 4.68 Å². The first kappa shape index (κ1) is 27.8. The van der Waals surface area contributed by atoms with Gasteiger partial charge in [-0.05, 0) is 62.6 Å². The number of carbonyl (C=O) groups is 1. The van der Waals surface area contributed by atoms with Crippen molar-refractivity contribution in [2.45, 2.75) is 51.9 Å². The van der Waals surface area contributed by atoms with Crippen molar-refractivity contribution in [1.29, 1.82) is 0 Å². The van der Waals surface area contributed by atoms with E-state index in [1.807, 2.05) is 81.4 Å². The molecule has 2 N–H and O–H groups in total. The molecule has 9 heteroatoms. The van der Waals surface area contributed by atoms with Crippen LogP contribution in [0.5, 0.6) is 5.75 Å². The van der Waals surface area contributed by atoms with Gasteiger partial charge in [0, 0.05) is 27.7 Å². The van der Waals surface area contributed by atoms with E-state index < -0.39 is 6.04 Å². The summed E-state index contributed by atoms with van der Waals surface area (Å²) in [4.78, 5) is 18.7. The molecule has 4 aromatic rings. The minimum Gasteiger partial charge on any atom is -0.489 e. The lowest BCUT2D eigenvalue weighted by Gasteiger charge is -2.30. The molecule has 1 aromatic heterocycles. The number of ether oxygens (including phenoxy) is 1. The maximum atomic E-state index is 14.0. The lowest BCUT2D eigenvalue weighted by molar-refractivity contribution is -0.113. The van der Waals surface area contributed by atoms with Crippen LogP contribution in [-0.4, -0.2) is 26.4 Å². The number of carbonyl (C=O) groups excluding carboxylic acids is 1. The van der Waals surface area contributed by atoms with Crippen LogP contribution in [0.3, 0.4) is 0 Å². The first-order valence-corrected chi connectivity index (χ1v) is 14.6. The van der Waals surface area contributed by atoms with Crippen molar-refractivity contribution in [3.05, 3.63) is 105 Å². The number of para-hydroxylation sites is 1. The molecule has 0 saturated carbocycles. The molecule has 5 rings (SSSR count). The quantitative estimate of drug-likeness (QED) is 0.201. The third-order valence-corrected chi connectivity index (χ3v) is 7.96. The molecular formula is C31H32ClN5O2S. The summed E-state index contributed by atoms with van der Waals surface area (Å²) in [5.74, 6) is 1.95. The summed E-state index contributed by atoms with van der Waals surface area (Å²) in [6.07, 6.45) is 1.01. The Morgan fingerprint density at radius 1 is 1.10 bits per heavy atom. The van der Waals surface area contributed by atoms with Crippen molar-refractivity contribution in [3.63, 3.8) is 0 Å². The van der Waals surface area contributed by atoms with Crippen LogP contribution < -0.4 is 15.4 Å². The summed E-state index contributed by atoms with van der Waals surface area (Å²) in [5.41, 5.74) is 5.98. The van der Waals surface area contributed by atoms with Crippen molar-refractivity contribution < 1.29 is 9.53 Å². The maximum Gasteiger partial charge on any atom is 0.255 e. The third kappa shape index (κ3) is 6.03. The molecule has 0 saturated heterocycles. The van der Waals surface area contributed by atoms with Gasteiger partial charge >= 0.3 is 0 Å². The standard InChI is InChI=1S/C31H32ClN5O2S/c1-5-16-40-31-35-30-33-21(4)27(29(38)34-25-15-10-19(2)17-20(25)3)28(37(30)36-31)24-8-6-7-9-26(24)39-18-22-11-13-23(32)14-12-22/h6-15,17,28H,5,16,18H2,1-4H3,(H,34,38)(H,33,35,36). The van der Waals surface area contributed by atoms with E-state index >= 15 is 0 Å². The molecule has 206 valence electrons. The number of hydrogen-bond acceptors (Lipinski definition) is 6. The van der Waals surface area contributed by atoms with Crippen molar-refractivity contribution in [1.82, 2.24) is 14.8 Å². The van der Waals surface area contributed by atoms with Gasteiger partial charge in [0.25, 0.3) is 5.91 Å². The molecule has 2 heterocycles. The topological polar surface area (TPSA) is 81.1 Å². The summed E-state index contributed by atoms with van der Waals surface area (Å²) >= 11 is 7.66. The first-order valence-electron chi connectivity index (χ1n) is 13.3. The lowest BCUT2D eigenvalue weighted by Crippen LogP contribution is -2.32. The second-order valence-corrected chi connectivity index (χ2v) is 11.3. The zero-order valence-electron chi connectivity index (χ0n) is 23.0. The fraction of sp³-hybridized carbons (Fsp3) is 0.258. The fourth-order valence-electron chi connectivity index (χ4n) is 4.69. The molecule has 1 aliphatic rings. The van der Waals surface area contributed by atoms with Crippen LogP contribution in [0.15, 0.2) is 83.2 Å². The number of hydrogen-bond donors (Lipinski definition) is 2. The number of fused-ring (bicyclic) bond motifs is 1. The summed E-state index contributed by atoms with van der Waals surface area (Å²) in [6, 6.07) is 20.8. The van der Waals surface area contributed by atoms with E-state index in [2.05, 4.69) is 23.6 Å². The number of aromatic nitrogens is 3. The van der Waals surface area contributed by atoms with Gasteiger partial charge in [-0.15, -0.1) is 5.10 Å². The maximum absolute atomic E-state index is 14.0. The SMILES string of the molecule is CCCSc1nc2n(n1)C(c1ccccc1OCc1ccc(Cl)cc1)C(C(=O)Nc1ccc(C)cc1C)=C(C)N2. The molecule has 3 aromatic carbocycles. The number of thioether (sulfide) groups is 1. The van der Waals surface area contributed by atoms with E-state index in [1.54, 1.807) is 16.4 Å². The second-order valence-electron chi connectivity index (χ2n) is 9.80. The van der Waals surface area contributed by atoms with Gasteiger partial charge in [0.2, 0.25) is 11.1 Å². The Hall–Kier alpha value is -3.75. The molecule has 1 amide bonds. The van der Waals surface area contributed by atoms with Crippen LogP contribution in [-0.2, 0) is 11.4 Å². The van der Waals surface area contributed by atoms with Crippen molar-refractivity contribution in [2.24, 2.45) is 0 Å². The minimum atomic E-state index is -0.549. The number of aryl methyl sites for hydroxylation is 2. The van der Waals surface area contributed by atoms with E-state index in [-0.39, 0.29) is 5.91 Å². The normalized spacial score (nSPS) is 14.5. The zero-order chi connectivity index (χ0) is 28.2. The molecule has 40 heavy (non-hydrogen) atoms. The van der Waals surface area contributed by atoms with Gasteiger partial charge in [0.1, 0.15) is 18.4 Å². The molecule has 0 fully saturated rings. The van der Waals surface area contributed by atoms with Crippen LogP contribution in [0.25, 0.3) is 0 Å². The molecule has 1 unspecified atom stereocenters. The van der Waals surface area contributed by atoms with Crippen LogP contribution in [0.2, 0.25) is 5.02 Å². The predicted octanol–water partition coefficient (Wildman–Crippen LogP) is 7.56. The van der Waals surface area contributed by atoms with Gasteiger partial charge in [-0.1, -0.05) is 78.3 Å². The van der Waals surface area contributed by atoms with Crippen LogP contribution in [0, 0.1) is 13.8 Å². The van der Waals surface area contributed by atoms with E-state index in [1.165, 1.54) is 0 Å². The number of amides is 1. The number of nitrogens with one attached hydrogen (secondary N) is 2. The third-order valence-electron chi connectivity index (χ3n) is 6.66. The average molecular weight is 574 g/mol. The second kappa shape index (κ2) is 12.2. The summed E-state index contributed by atoms with van der Waals surface area (Å²) in [6.45, 7) is 8.41. The Morgan fingerprint density at radius 3 is 2.62 bits per heavy atom. The van der Waals surface area contributed by atoms with Crippen molar-refractivity contribution in [3.8, 4) is 5.75 Å². The molecule has 0 spiro atoms. The average Bonchev–Trinajstić information content (AvgIpc) is 3.34. The number of anilines is 2. The van der Waals surface area contributed by atoms with Gasteiger partial charge in [-0.3, -0.25) is 4.79 Å². The van der Waals surface area contributed by atoms with Crippen molar-refractivity contribution in [2.75, 3.05) is 16.4 Å².